The molecule has 0 aliphatic heterocycles. The summed E-state index contributed by atoms with van der Waals surface area (Å²) < 4.78 is 2.34. The summed E-state index contributed by atoms with van der Waals surface area (Å²) in [5.41, 5.74) is 6.82. The number of aromatic nitrogens is 1. The lowest BCUT2D eigenvalue weighted by Gasteiger charge is -2.19. The molecule has 0 atom stereocenters. The Morgan fingerprint density at radius 3 is 2.05 bits per heavy atom. The smallest absolute Gasteiger partial charge is 0.198 e. The molecule has 2 rings (SSSR count). The second kappa shape index (κ2) is 4.80. The highest BCUT2D eigenvalue weighted by Gasteiger charge is 2.28. The Kier molecular flexibility index (Phi) is 3.49. The molecule has 0 saturated carbocycles. The maximum absolute atomic E-state index is 2.34. The van der Waals surface area contributed by atoms with Gasteiger partial charge in [-0.05, 0) is 31.5 Å². The van der Waals surface area contributed by atoms with Gasteiger partial charge < -0.3 is 0 Å². The Hall–Kier alpha value is -1.63. The zero-order valence-corrected chi connectivity index (χ0v) is 12.9. The highest BCUT2D eigenvalue weighted by atomic mass is 15.0. The van der Waals surface area contributed by atoms with Gasteiger partial charge in [0.15, 0.2) is 5.69 Å². The van der Waals surface area contributed by atoms with Crippen LogP contribution >= 0.6 is 0 Å². The normalized spacial score (nSPS) is 11.7. The van der Waals surface area contributed by atoms with Crippen molar-refractivity contribution in [3.63, 3.8) is 0 Å². The van der Waals surface area contributed by atoms with Crippen LogP contribution in [0.5, 0.6) is 0 Å². The van der Waals surface area contributed by atoms with E-state index in [0.29, 0.717) is 0 Å². The first kappa shape index (κ1) is 13.8. The highest BCUT2D eigenvalue weighted by molar-refractivity contribution is 5.61. The fourth-order valence-corrected chi connectivity index (χ4v) is 3.01. The fraction of sp³-hybridized carbons (Fsp3) is 0.389. The number of hydrogen-bond donors (Lipinski definition) is 0. The molecule has 0 amide bonds. The zero-order valence-electron chi connectivity index (χ0n) is 12.9. The van der Waals surface area contributed by atoms with E-state index in [9.17, 15) is 0 Å². The van der Waals surface area contributed by atoms with Gasteiger partial charge in [0, 0.05) is 22.6 Å². The van der Waals surface area contributed by atoms with Crippen molar-refractivity contribution in [1.82, 2.24) is 0 Å². The van der Waals surface area contributed by atoms with E-state index >= 15 is 0 Å². The van der Waals surface area contributed by atoms with Crippen molar-refractivity contribution in [1.29, 1.82) is 0 Å². The van der Waals surface area contributed by atoms with Crippen LogP contribution in [0, 0.1) is 13.8 Å². The van der Waals surface area contributed by atoms with Crippen molar-refractivity contribution in [2.75, 3.05) is 0 Å². The van der Waals surface area contributed by atoms with E-state index in [4.69, 9.17) is 0 Å². The molecule has 0 radical (unpaired) electrons. The van der Waals surface area contributed by atoms with Gasteiger partial charge in [-0.1, -0.05) is 39.0 Å². The van der Waals surface area contributed by atoms with Gasteiger partial charge in [0.05, 0.1) is 0 Å². The average molecular weight is 254 g/mol. The topological polar surface area (TPSA) is 3.88 Å². The minimum atomic E-state index is 0.150. The van der Waals surface area contributed by atoms with E-state index in [1.54, 1.807) is 0 Å². The van der Waals surface area contributed by atoms with Crippen molar-refractivity contribution in [3.05, 3.63) is 53.2 Å². The summed E-state index contributed by atoms with van der Waals surface area (Å²) in [6.07, 6.45) is 0. The predicted molar refractivity (Wildman–Crippen MR) is 81.2 cm³/mol. The Morgan fingerprint density at radius 2 is 1.47 bits per heavy atom. The van der Waals surface area contributed by atoms with Crippen LogP contribution in [0.4, 0.5) is 0 Å². The highest BCUT2D eigenvalue weighted by Crippen LogP contribution is 2.26. The van der Waals surface area contributed by atoms with E-state index in [2.05, 4.69) is 82.6 Å². The summed E-state index contributed by atoms with van der Waals surface area (Å²) in [6.45, 7) is 11.2. The van der Waals surface area contributed by atoms with Crippen LogP contribution in [0.15, 0.2) is 36.4 Å². The van der Waals surface area contributed by atoms with E-state index < -0.39 is 0 Å². The molecule has 0 fully saturated rings. The molecule has 0 unspecified atom stereocenters. The summed E-state index contributed by atoms with van der Waals surface area (Å²) >= 11 is 0. The first-order valence-electron chi connectivity index (χ1n) is 6.88. The van der Waals surface area contributed by atoms with Crippen LogP contribution < -0.4 is 4.57 Å². The molecule has 1 heteroatoms. The van der Waals surface area contributed by atoms with Crippen molar-refractivity contribution >= 4 is 0 Å². The van der Waals surface area contributed by atoms with Crippen LogP contribution in [-0.4, -0.2) is 0 Å². The number of aryl methyl sites for hydroxylation is 2. The monoisotopic (exact) mass is 254 g/mol. The quantitative estimate of drug-likeness (QED) is 0.675. The lowest BCUT2D eigenvalue weighted by Crippen LogP contribution is -2.42. The van der Waals surface area contributed by atoms with Crippen LogP contribution in [0.25, 0.3) is 11.3 Å². The first-order valence-corrected chi connectivity index (χ1v) is 6.88. The Bertz CT molecular complexity index is 604. The third kappa shape index (κ3) is 2.56. The van der Waals surface area contributed by atoms with Gasteiger partial charge in [-0.3, -0.25) is 0 Å². The molecular weight excluding hydrogens is 230 g/mol. The maximum atomic E-state index is 2.34. The molecule has 19 heavy (non-hydrogen) atoms. The third-order valence-electron chi connectivity index (χ3n) is 3.69. The molecule has 0 N–H and O–H groups in total. The number of benzene rings is 1. The van der Waals surface area contributed by atoms with Gasteiger partial charge in [0.1, 0.15) is 7.05 Å². The number of pyridine rings is 1. The molecule has 0 bridgehead atoms. The van der Waals surface area contributed by atoms with Gasteiger partial charge in [0.25, 0.3) is 0 Å². The largest absolute Gasteiger partial charge is 0.212 e. The standard InChI is InChI=1S/C18H24N/c1-13-9-7-8-10-15(13)16-12-11-14(2)17(19(16)6)18(3,4)5/h7-12H,1-6H3/q+1. The Labute approximate surface area is 116 Å². The lowest BCUT2D eigenvalue weighted by molar-refractivity contribution is -0.672. The summed E-state index contributed by atoms with van der Waals surface area (Å²) in [5.74, 6) is 0. The van der Waals surface area contributed by atoms with Crippen LogP contribution in [-0.2, 0) is 12.5 Å². The van der Waals surface area contributed by atoms with Crippen molar-refractivity contribution in [2.24, 2.45) is 7.05 Å². The minimum Gasteiger partial charge on any atom is -0.198 e. The average Bonchev–Trinajstić information content (AvgIpc) is 2.29. The van der Waals surface area contributed by atoms with E-state index in [1.165, 1.54) is 28.1 Å². The summed E-state index contributed by atoms with van der Waals surface area (Å²) in [4.78, 5) is 0. The molecule has 1 aromatic heterocycles. The molecule has 1 nitrogen and oxygen atoms in total. The molecule has 0 spiro atoms. The molecular formula is C18H24N+. The van der Waals surface area contributed by atoms with Crippen LogP contribution in [0.1, 0.15) is 37.6 Å². The van der Waals surface area contributed by atoms with E-state index in [0.717, 1.165) is 0 Å². The van der Waals surface area contributed by atoms with Crippen LogP contribution in [0.3, 0.4) is 0 Å². The summed E-state index contributed by atoms with van der Waals surface area (Å²) in [7, 11) is 2.18. The van der Waals surface area contributed by atoms with Gasteiger partial charge in [-0.15, -0.1) is 0 Å². The Morgan fingerprint density at radius 1 is 0.842 bits per heavy atom. The summed E-state index contributed by atoms with van der Waals surface area (Å²) in [5, 5.41) is 0. The number of nitrogens with zero attached hydrogens (tertiary/aromatic N) is 1. The van der Waals surface area contributed by atoms with Crippen molar-refractivity contribution < 1.29 is 4.57 Å². The van der Waals surface area contributed by atoms with Gasteiger partial charge in [-0.2, -0.15) is 4.57 Å². The number of hydrogen-bond acceptors (Lipinski definition) is 0. The second-order valence-corrected chi connectivity index (χ2v) is 6.37. The molecule has 0 saturated heterocycles. The maximum Gasteiger partial charge on any atom is 0.212 e. The van der Waals surface area contributed by atoms with Gasteiger partial charge in [0.2, 0.25) is 5.69 Å². The molecule has 0 aliphatic rings. The third-order valence-corrected chi connectivity index (χ3v) is 3.69. The SMILES string of the molecule is Cc1ccccc1-c1ccc(C)c(C(C)(C)C)[n+]1C. The molecule has 1 aromatic carbocycles. The summed E-state index contributed by atoms with van der Waals surface area (Å²) in [6, 6.07) is 13.0. The predicted octanol–water partition coefficient (Wildman–Crippen LogP) is 4.09. The van der Waals surface area contributed by atoms with Gasteiger partial charge in [-0.25, -0.2) is 0 Å². The minimum absolute atomic E-state index is 0.150. The van der Waals surface area contributed by atoms with Gasteiger partial charge >= 0.3 is 0 Å². The van der Waals surface area contributed by atoms with E-state index in [-0.39, 0.29) is 5.41 Å². The molecule has 100 valence electrons. The van der Waals surface area contributed by atoms with Crippen molar-refractivity contribution in [2.45, 2.75) is 40.0 Å². The molecule has 0 aliphatic carbocycles. The number of rotatable bonds is 1. The Balaban J connectivity index is 2.72. The van der Waals surface area contributed by atoms with Crippen molar-refractivity contribution in [3.8, 4) is 11.3 Å². The zero-order chi connectivity index (χ0) is 14.2. The molecule has 2 aromatic rings. The van der Waals surface area contributed by atoms with Crippen LogP contribution in [0.2, 0.25) is 0 Å². The molecule has 1 heterocycles. The first-order chi connectivity index (χ1) is 8.82. The van der Waals surface area contributed by atoms with E-state index in [1.807, 2.05) is 0 Å². The second-order valence-electron chi connectivity index (χ2n) is 6.37. The lowest BCUT2D eigenvalue weighted by atomic mass is 9.87. The fourth-order valence-electron chi connectivity index (χ4n) is 3.01.